The van der Waals surface area contributed by atoms with Crippen LogP contribution in [0.5, 0.6) is 0 Å². The average Bonchev–Trinajstić information content (AvgIpc) is 2.94. The van der Waals surface area contributed by atoms with Crippen molar-refractivity contribution in [1.82, 2.24) is 9.88 Å². The van der Waals surface area contributed by atoms with Gasteiger partial charge >= 0.3 is 0 Å². The molecule has 1 aliphatic rings. The summed E-state index contributed by atoms with van der Waals surface area (Å²) in [6.07, 6.45) is 2.05. The lowest BCUT2D eigenvalue weighted by Gasteiger charge is -2.31. The number of aromatic nitrogens is 1. The molecule has 2 heterocycles. The van der Waals surface area contributed by atoms with Gasteiger partial charge in [-0.15, -0.1) is 6.58 Å². The van der Waals surface area contributed by atoms with Gasteiger partial charge in [0.15, 0.2) is 0 Å². The summed E-state index contributed by atoms with van der Waals surface area (Å²) in [4.78, 5) is 6.03. The van der Waals surface area contributed by atoms with Crippen molar-refractivity contribution in [1.29, 1.82) is 0 Å². The van der Waals surface area contributed by atoms with Crippen molar-refractivity contribution in [2.75, 3.05) is 6.54 Å². The first-order valence-electron chi connectivity index (χ1n) is 7.94. The highest BCUT2D eigenvalue weighted by Crippen LogP contribution is 2.38. The minimum absolute atomic E-state index is 0.302. The quantitative estimate of drug-likeness (QED) is 0.664. The molecule has 4 rings (SSSR count). The molecule has 1 aromatic heterocycles. The van der Waals surface area contributed by atoms with Crippen LogP contribution >= 0.6 is 11.6 Å². The van der Waals surface area contributed by atoms with Gasteiger partial charge in [0.2, 0.25) is 0 Å². The van der Waals surface area contributed by atoms with Gasteiger partial charge in [-0.2, -0.15) is 0 Å². The SMILES string of the molecule is C=CC1CN(Cc2ccccc2)Cc2[nH]c3cccc(Cl)c3c21. The first-order valence-corrected chi connectivity index (χ1v) is 8.32. The minimum atomic E-state index is 0.302. The second kappa shape index (κ2) is 5.88. The predicted octanol–water partition coefficient (Wildman–Crippen LogP) is 5.11. The van der Waals surface area contributed by atoms with Crippen LogP contribution < -0.4 is 0 Å². The Kier molecular flexibility index (Phi) is 3.72. The standard InChI is InChI=1S/C20H19ClN2/c1-2-15-12-23(11-14-7-4-3-5-8-14)13-18-19(15)20-16(21)9-6-10-17(20)22-18/h2-10,15,22H,1,11-13H2. The third-order valence-electron chi connectivity index (χ3n) is 4.63. The van der Waals surface area contributed by atoms with Crippen molar-refractivity contribution in [3.8, 4) is 0 Å². The van der Waals surface area contributed by atoms with Gasteiger partial charge < -0.3 is 4.98 Å². The molecule has 1 unspecified atom stereocenters. The van der Waals surface area contributed by atoms with E-state index < -0.39 is 0 Å². The molecule has 0 fully saturated rings. The Balaban J connectivity index is 1.73. The Labute approximate surface area is 141 Å². The van der Waals surface area contributed by atoms with Crippen molar-refractivity contribution in [2.24, 2.45) is 0 Å². The largest absolute Gasteiger partial charge is 0.357 e. The molecule has 2 aromatic carbocycles. The molecule has 3 aromatic rings. The molecule has 116 valence electrons. The van der Waals surface area contributed by atoms with Crippen LogP contribution in [0, 0.1) is 0 Å². The molecule has 2 nitrogen and oxygen atoms in total. The summed E-state index contributed by atoms with van der Waals surface area (Å²) in [6, 6.07) is 16.7. The number of rotatable bonds is 3. The van der Waals surface area contributed by atoms with E-state index in [1.807, 2.05) is 18.2 Å². The summed E-state index contributed by atoms with van der Waals surface area (Å²) in [5, 5.41) is 1.98. The topological polar surface area (TPSA) is 19.0 Å². The third-order valence-corrected chi connectivity index (χ3v) is 4.95. The Morgan fingerprint density at radius 2 is 2.00 bits per heavy atom. The van der Waals surface area contributed by atoms with Crippen molar-refractivity contribution in [2.45, 2.75) is 19.0 Å². The minimum Gasteiger partial charge on any atom is -0.357 e. The van der Waals surface area contributed by atoms with E-state index in [1.54, 1.807) is 0 Å². The Morgan fingerprint density at radius 1 is 1.17 bits per heavy atom. The number of benzene rings is 2. The molecule has 0 saturated carbocycles. The fourth-order valence-corrected chi connectivity index (χ4v) is 3.91. The second-order valence-corrected chi connectivity index (χ2v) is 6.58. The molecule has 3 heteroatoms. The van der Waals surface area contributed by atoms with Crippen molar-refractivity contribution < 1.29 is 0 Å². The molecule has 0 radical (unpaired) electrons. The van der Waals surface area contributed by atoms with Crippen LogP contribution in [-0.2, 0) is 13.1 Å². The second-order valence-electron chi connectivity index (χ2n) is 6.18. The number of nitrogens with one attached hydrogen (secondary N) is 1. The summed E-state index contributed by atoms with van der Waals surface area (Å²) in [6.45, 7) is 6.90. The number of hydrogen-bond donors (Lipinski definition) is 1. The van der Waals surface area contributed by atoms with Crippen molar-refractivity contribution in [3.05, 3.63) is 83.0 Å². The van der Waals surface area contributed by atoms with Gasteiger partial charge in [0, 0.05) is 42.1 Å². The number of hydrogen-bond acceptors (Lipinski definition) is 1. The maximum atomic E-state index is 6.46. The monoisotopic (exact) mass is 322 g/mol. The molecule has 0 saturated heterocycles. The summed E-state index contributed by atoms with van der Waals surface area (Å²) in [7, 11) is 0. The van der Waals surface area contributed by atoms with E-state index in [9.17, 15) is 0 Å². The molecule has 0 bridgehead atoms. The van der Waals surface area contributed by atoms with Crippen LogP contribution in [0.25, 0.3) is 10.9 Å². The lowest BCUT2D eigenvalue weighted by atomic mass is 9.91. The molecule has 1 aliphatic heterocycles. The summed E-state index contributed by atoms with van der Waals surface area (Å²) < 4.78 is 0. The van der Waals surface area contributed by atoms with Gasteiger partial charge in [-0.05, 0) is 23.3 Å². The molecule has 1 atom stereocenters. The molecule has 0 aliphatic carbocycles. The van der Waals surface area contributed by atoms with Crippen molar-refractivity contribution >= 4 is 22.5 Å². The van der Waals surface area contributed by atoms with Gasteiger partial charge in [0.05, 0.1) is 5.02 Å². The molecule has 0 amide bonds. The van der Waals surface area contributed by atoms with E-state index in [1.165, 1.54) is 16.8 Å². The zero-order chi connectivity index (χ0) is 15.8. The van der Waals surface area contributed by atoms with Gasteiger partial charge in [-0.25, -0.2) is 0 Å². The summed E-state index contributed by atoms with van der Waals surface area (Å²) >= 11 is 6.46. The zero-order valence-electron chi connectivity index (χ0n) is 12.9. The Morgan fingerprint density at radius 3 is 2.78 bits per heavy atom. The first-order chi connectivity index (χ1) is 11.3. The number of fused-ring (bicyclic) bond motifs is 3. The van der Waals surface area contributed by atoms with Gasteiger partial charge in [-0.3, -0.25) is 4.90 Å². The van der Waals surface area contributed by atoms with Crippen LogP contribution in [0.2, 0.25) is 5.02 Å². The maximum Gasteiger partial charge on any atom is 0.0502 e. The summed E-state index contributed by atoms with van der Waals surface area (Å²) in [5.74, 6) is 0.302. The number of halogens is 1. The Bertz CT molecular complexity index is 851. The van der Waals surface area contributed by atoms with Crippen molar-refractivity contribution in [3.63, 3.8) is 0 Å². The first kappa shape index (κ1) is 14.6. The molecular weight excluding hydrogens is 304 g/mol. The van der Waals surface area contributed by atoms with E-state index in [-0.39, 0.29) is 0 Å². The van der Waals surface area contributed by atoms with Gasteiger partial charge in [0.25, 0.3) is 0 Å². The molecule has 23 heavy (non-hydrogen) atoms. The number of H-pyrrole nitrogens is 1. The van der Waals surface area contributed by atoms with E-state index in [0.717, 1.165) is 35.6 Å². The van der Waals surface area contributed by atoms with Crippen LogP contribution in [-0.4, -0.2) is 16.4 Å². The lowest BCUT2D eigenvalue weighted by molar-refractivity contribution is 0.232. The smallest absolute Gasteiger partial charge is 0.0502 e. The van der Waals surface area contributed by atoms with Crippen LogP contribution in [0.4, 0.5) is 0 Å². The van der Waals surface area contributed by atoms with E-state index in [4.69, 9.17) is 11.6 Å². The van der Waals surface area contributed by atoms with Crippen LogP contribution in [0.1, 0.15) is 22.7 Å². The maximum absolute atomic E-state index is 6.46. The van der Waals surface area contributed by atoms with Gasteiger partial charge in [0.1, 0.15) is 0 Å². The fraction of sp³-hybridized carbons (Fsp3) is 0.200. The number of nitrogens with zero attached hydrogens (tertiary/aromatic N) is 1. The molecular formula is C20H19ClN2. The van der Waals surface area contributed by atoms with E-state index in [0.29, 0.717) is 5.92 Å². The number of aromatic amines is 1. The molecule has 1 N–H and O–H groups in total. The highest BCUT2D eigenvalue weighted by Gasteiger charge is 2.28. The normalized spacial score (nSPS) is 18.0. The van der Waals surface area contributed by atoms with Crippen LogP contribution in [0.3, 0.4) is 0 Å². The Hall–Kier alpha value is -2.03. The third kappa shape index (κ3) is 2.58. The fourth-order valence-electron chi connectivity index (χ4n) is 3.63. The lowest BCUT2D eigenvalue weighted by Crippen LogP contribution is -2.32. The predicted molar refractivity (Wildman–Crippen MR) is 96.8 cm³/mol. The molecule has 0 spiro atoms. The summed E-state index contributed by atoms with van der Waals surface area (Å²) in [5.41, 5.74) is 5.05. The van der Waals surface area contributed by atoms with E-state index >= 15 is 0 Å². The van der Waals surface area contributed by atoms with Gasteiger partial charge in [-0.1, -0.05) is 54.1 Å². The van der Waals surface area contributed by atoms with Crippen LogP contribution in [0.15, 0.2) is 61.2 Å². The average molecular weight is 323 g/mol. The van der Waals surface area contributed by atoms with E-state index in [2.05, 4.69) is 52.9 Å². The highest BCUT2D eigenvalue weighted by molar-refractivity contribution is 6.35. The highest BCUT2D eigenvalue weighted by atomic mass is 35.5. The zero-order valence-corrected chi connectivity index (χ0v) is 13.7.